The summed E-state index contributed by atoms with van der Waals surface area (Å²) < 4.78 is 12.3. The summed E-state index contributed by atoms with van der Waals surface area (Å²) in [5, 5.41) is 14.4. The molecule has 0 radical (unpaired) electrons. The first-order valence-corrected chi connectivity index (χ1v) is 15.2. The van der Waals surface area contributed by atoms with Crippen molar-refractivity contribution in [3.05, 3.63) is 35.9 Å². The maximum absolute atomic E-state index is 12.3. The summed E-state index contributed by atoms with van der Waals surface area (Å²) in [7, 11) is -3.79. The minimum Gasteiger partial charge on any atom is 1.00 e. The molecule has 0 amide bonds. The molecule has 0 saturated heterocycles. The van der Waals surface area contributed by atoms with Crippen LogP contribution in [0.15, 0.2) is 30.3 Å². The zero-order valence-corrected chi connectivity index (χ0v) is 18.7. The molecular formula is C15H26GeNaO3P. The Kier molecular flexibility index (Phi) is 10.4. The van der Waals surface area contributed by atoms with Crippen LogP contribution >= 0.6 is 7.37 Å². The minimum absolute atomic E-state index is 0. The Balaban J connectivity index is 0.00000400. The van der Waals surface area contributed by atoms with Crippen LogP contribution in [-0.4, -0.2) is 24.5 Å². The summed E-state index contributed by atoms with van der Waals surface area (Å²) in [4.78, 5) is 12.3. The molecule has 0 fully saturated rings. The molecule has 0 aliphatic rings. The molecule has 3 nitrogen and oxygen atoms in total. The van der Waals surface area contributed by atoms with E-state index in [1.807, 2.05) is 6.07 Å². The fourth-order valence-corrected chi connectivity index (χ4v) is 14.6. The van der Waals surface area contributed by atoms with Crippen LogP contribution in [0.3, 0.4) is 0 Å². The molecule has 114 valence electrons. The normalized spacial score (nSPS) is 15.9. The van der Waals surface area contributed by atoms with Crippen LogP contribution in [0.25, 0.3) is 0 Å². The molecule has 2 unspecified atom stereocenters. The summed E-state index contributed by atoms with van der Waals surface area (Å²) in [6, 6.07) is 8.67. The number of hydrogen-bond donors (Lipinski definition) is 1. The zero-order valence-electron chi connectivity index (χ0n) is 13.7. The molecule has 0 aromatic heterocycles. The average molecular weight is 381 g/mol. The summed E-state index contributed by atoms with van der Waals surface area (Å²) >= 11 is -2.00. The van der Waals surface area contributed by atoms with Crippen LogP contribution < -0.4 is 34.5 Å². The van der Waals surface area contributed by atoms with Gasteiger partial charge in [-0.1, -0.05) is 0 Å². The third-order valence-corrected chi connectivity index (χ3v) is 19.6. The SMILES string of the molecule is C[CH2][Ge]([CH2]C)([CH2]C)[CH2]CP(=O)([O-])C(O)c1ccccc1.[Na+]. The molecule has 21 heavy (non-hydrogen) atoms. The summed E-state index contributed by atoms with van der Waals surface area (Å²) in [6.45, 7) is 6.57. The predicted octanol–water partition coefficient (Wildman–Crippen LogP) is 0.828. The summed E-state index contributed by atoms with van der Waals surface area (Å²) in [5.74, 6) is -1.35. The van der Waals surface area contributed by atoms with Crippen molar-refractivity contribution >= 4 is 20.6 Å². The fraction of sp³-hybridized carbons (Fsp3) is 0.600. The first-order chi connectivity index (χ1) is 9.40. The molecule has 6 heteroatoms. The monoisotopic (exact) mass is 382 g/mol. The van der Waals surface area contributed by atoms with Crippen molar-refractivity contribution in [3.8, 4) is 0 Å². The van der Waals surface area contributed by atoms with E-state index in [1.165, 1.54) is 0 Å². The smallest absolute Gasteiger partial charge is 1.00 e. The molecule has 0 spiro atoms. The quantitative estimate of drug-likeness (QED) is 0.536. The van der Waals surface area contributed by atoms with E-state index in [0.29, 0.717) is 5.56 Å². The maximum Gasteiger partial charge on any atom is 1.00 e. The molecule has 1 aromatic rings. The molecule has 1 rings (SSSR count). The molecule has 0 aliphatic carbocycles. The van der Waals surface area contributed by atoms with Crippen LogP contribution in [0.2, 0.25) is 21.0 Å². The van der Waals surface area contributed by atoms with Crippen LogP contribution in [-0.2, 0) is 4.57 Å². The number of rotatable bonds is 8. The van der Waals surface area contributed by atoms with Crippen molar-refractivity contribution in [3.63, 3.8) is 0 Å². The molecular weight excluding hydrogens is 355 g/mol. The van der Waals surface area contributed by atoms with Crippen molar-refractivity contribution in [2.75, 3.05) is 6.16 Å². The van der Waals surface area contributed by atoms with Crippen molar-refractivity contribution in [1.82, 2.24) is 0 Å². The molecule has 0 bridgehead atoms. The van der Waals surface area contributed by atoms with Crippen LogP contribution in [0.5, 0.6) is 0 Å². The fourth-order valence-electron chi connectivity index (χ4n) is 2.65. The Bertz CT molecular complexity index is 443. The Morgan fingerprint density at radius 2 is 1.62 bits per heavy atom. The van der Waals surface area contributed by atoms with Gasteiger partial charge in [-0.3, -0.25) is 0 Å². The second-order valence-corrected chi connectivity index (χ2v) is 19.7. The molecule has 0 saturated carbocycles. The van der Waals surface area contributed by atoms with Crippen LogP contribution in [0.4, 0.5) is 0 Å². The summed E-state index contributed by atoms with van der Waals surface area (Å²) in [5.41, 5.74) is 0.480. The first-order valence-electron chi connectivity index (χ1n) is 7.43. The number of aliphatic hydroxyl groups excluding tert-OH is 1. The molecule has 0 aliphatic heterocycles. The van der Waals surface area contributed by atoms with Gasteiger partial charge in [0.15, 0.2) is 0 Å². The number of benzene rings is 1. The molecule has 1 aromatic carbocycles. The van der Waals surface area contributed by atoms with Gasteiger partial charge in [0.25, 0.3) is 0 Å². The van der Waals surface area contributed by atoms with E-state index in [2.05, 4.69) is 20.8 Å². The van der Waals surface area contributed by atoms with Gasteiger partial charge in [-0.15, -0.1) is 0 Å². The van der Waals surface area contributed by atoms with Crippen molar-refractivity contribution in [2.45, 2.75) is 47.6 Å². The van der Waals surface area contributed by atoms with Gasteiger partial charge in [-0.2, -0.15) is 0 Å². The van der Waals surface area contributed by atoms with Gasteiger partial charge in [0.2, 0.25) is 0 Å². The zero-order chi connectivity index (χ0) is 15.2. The van der Waals surface area contributed by atoms with E-state index < -0.39 is 26.5 Å². The van der Waals surface area contributed by atoms with Crippen LogP contribution in [0.1, 0.15) is 32.2 Å². The van der Waals surface area contributed by atoms with Crippen molar-refractivity contribution in [1.29, 1.82) is 0 Å². The Morgan fingerprint density at radius 3 is 2.05 bits per heavy atom. The van der Waals surface area contributed by atoms with Crippen LogP contribution in [0, 0.1) is 0 Å². The third-order valence-electron chi connectivity index (χ3n) is 4.67. The minimum atomic E-state index is -3.79. The Hall–Kier alpha value is 0.913. The van der Waals surface area contributed by atoms with Crippen molar-refractivity contribution in [2.24, 2.45) is 0 Å². The van der Waals surface area contributed by atoms with E-state index in [-0.39, 0.29) is 35.7 Å². The largest absolute Gasteiger partial charge is 1.00 e. The van der Waals surface area contributed by atoms with Gasteiger partial charge in [0.1, 0.15) is 0 Å². The second-order valence-electron chi connectivity index (χ2n) is 5.54. The van der Waals surface area contributed by atoms with E-state index in [4.69, 9.17) is 0 Å². The van der Waals surface area contributed by atoms with Gasteiger partial charge < -0.3 is 0 Å². The van der Waals surface area contributed by atoms with Gasteiger partial charge in [-0.05, 0) is 0 Å². The van der Waals surface area contributed by atoms with E-state index in [9.17, 15) is 14.6 Å². The number of aliphatic hydroxyl groups is 1. The predicted molar refractivity (Wildman–Crippen MR) is 85.9 cm³/mol. The standard InChI is InChI=1S/C15H27GeO3P.Na/c1-4-16(5-2,6-3)12-13-20(18,19)15(17)14-10-8-7-9-11-14;/h7-11,15,17H,4-6,12-13H2,1-3H3,(H,18,19);/q;+1/p-1. The van der Waals surface area contributed by atoms with Gasteiger partial charge in [0, 0.05) is 0 Å². The number of hydrogen-bond acceptors (Lipinski definition) is 3. The molecule has 2 atom stereocenters. The van der Waals surface area contributed by atoms with Gasteiger partial charge >= 0.3 is 154 Å². The molecule has 0 heterocycles. The van der Waals surface area contributed by atoms with E-state index >= 15 is 0 Å². The first kappa shape index (κ1) is 21.9. The Morgan fingerprint density at radius 1 is 1.14 bits per heavy atom. The third kappa shape index (κ3) is 6.14. The van der Waals surface area contributed by atoms with Crippen molar-refractivity contribution < 1.29 is 44.1 Å². The van der Waals surface area contributed by atoms with E-state index in [1.54, 1.807) is 24.3 Å². The topological polar surface area (TPSA) is 60.4 Å². The second kappa shape index (κ2) is 9.92. The van der Waals surface area contributed by atoms with E-state index in [0.717, 1.165) is 21.0 Å². The summed E-state index contributed by atoms with van der Waals surface area (Å²) in [6.07, 6.45) is 0.151. The maximum atomic E-state index is 12.3. The van der Waals surface area contributed by atoms with Gasteiger partial charge in [-0.25, -0.2) is 0 Å². The average Bonchev–Trinajstić information content (AvgIpc) is 2.49. The molecule has 1 N–H and O–H groups in total. The van der Waals surface area contributed by atoms with Gasteiger partial charge in [0.05, 0.1) is 0 Å². The Labute approximate surface area is 153 Å².